The number of halogens is 1. The van der Waals surface area contributed by atoms with Crippen LogP contribution in [-0.4, -0.2) is 70.2 Å². The normalized spacial score (nSPS) is 15.5. The van der Waals surface area contributed by atoms with Crippen molar-refractivity contribution in [1.82, 2.24) is 19.7 Å². The number of ether oxygens (including phenoxy) is 2. The lowest BCUT2D eigenvalue weighted by atomic mass is 9.97. The number of aromatic nitrogens is 3. The molecule has 1 aromatic carbocycles. The molecule has 2 heterocycles. The van der Waals surface area contributed by atoms with Crippen LogP contribution in [0.1, 0.15) is 33.1 Å². The number of rotatable bonds is 10. The van der Waals surface area contributed by atoms with Crippen LogP contribution < -0.4 is 0 Å². The lowest BCUT2D eigenvalue weighted by Gasteiger charge is -2.32. The Bertz CT molecular complexity index is 946. The van der Waals surface area contributed by atoms with Gasteiger partial charge in [-0.2, -0.15) is 0 Å². The van der Waals surface area contributed by atoms with Gasteiger partial charge in [0.2, 0.25) is 5.91 Å². The van der Waals surface area contributed by atoms with E-state index in [2.05, 4.69) is 10.2 Å². The van der Waals surface area contributed by atoms with Crippen molar-refractivity contribution in [3.63, 3.8) is 0 Å². The molecule has 1 fully saturated rings. The van der Waals surface area contributed by atoms with Gasteiger partial charge in [-0.15, -0.1) is 10.2 Å². The van der Waals surface area contributed by atoms with E-state index >= 15 is 0 Å². The Hall–Kier alpha value is -2.10. The molecule has 1 aromatic heterocycles. The van der Waals surface area contributed by atoms with Crippen molar-refractivity contribution in [2.75, 3.05) is 33.4 Å². The van der Waals surface area contributed by atoms with Gasteiger partial charge in [-0.25, -0.2) is 0 Å². The Kier molecular flexibility index (Phi) is 9.58. The molecular weight excluding hydrogens is 464 g/mol. The minimum atomic E-state index is -0.339. The molecule has 1 unspecified atom stereocenters. The number of nitrogens with zero attached hydrogens (tertiary/aromatic N) is 4. The maximum absolute atomic E-state index is 13.1. The van der Waals surface area contributed by atoms with Crippen molar-refractivity contribution in [2.45, 2.75) is 50.1 Å². The van der Waals surface area contributed by atoms with Crippen LogP contribution in [-0.2, 0) is 25.6 Å². The van der Waals surface area contributed by atoms with Crippen LogP contribution in [0.4, 0.5) is 0 Å². The summed E-state index contributed by atoms with van der Waals surface area (Å²) in [5, 5.41) is 9.70. The van der Waals surface area contributed by atoms with Crippen molar-refractivity contribution >= 4 is 35.2 Å². The molecule has 1 atom stereocenters. The standard InChI is InChI=1S/C23H31ClN4O4S/c1-4-32-22(30)17-10-13-27(14-11-17)21(29)16(2)33-23-26-25-20(28(23)12-7-15-31-3)18-8-5-6-9-19(18)24/h5-6,8-9,16-17H,4,7,10-15H2,1-3H3. The molecule has 1 amide bonds. The molecule has 33 heavy (non-hydrogen) atoms. The Morgan fingerprint density at radius 3 is 2.64 bits per heavy atom. The van der Waals surface area contributed by atoms with Gasteiger partial charge >= 0.3 is 5.97 Å². The first-order chi connectivity index (χ1) is 16.0. The van der Waals surface area contributed by atoms with Crippen LogP contribution >= 0.6 is 23.4 Å². The lowest BCUT2D eigenvalue weighted by Crippen LogP contribution is -2.43. The van der Waals surface area contributed by atoms with Gasteiger partial charge in [-0.1, -0.05) is 35.5 Å². The fourth-order valence-corrected chi connectivity index (χ4v) is 5.03. The highest BCUT2D eigenvalue weighted by atomic mass is 35.5. The molecule has 10 heteroatoms. The zero-order valence-corrected chi connectivity index (χ0v) is 20.9. The number of esters is 1. The molecule has 0 spiro atoms. The van der Waals surface area contributed by atoms with Crippen LogP contribution in [0.5, 0.6) is 0 Å². The number of hydrogen-bond acceptors (Lipinski definition) is 7. The SMILES string of the molecule is CCOC(=O)C1CCN(C(=O)C(C)Sc2nnc(-c3ccccc3Cl)n2CCCOC)CC1. The molecule has 1 aliphatic rings. The minimum absolute atomic E-state index is 0.0352. The summed E-state index contributed by atoms with van der Waals surface area (Å²) in [7, 11) is 1.67. The Labute approximate surface area is 204 Å². The predicted molar refractivity (Wildman–Crippen MR) is 128 cm³/mol. The maximum atomic E-state index is 13.1. The van der Waals surface area contributed by atoms with E-state index in [-0.39, 0.29) is 23.0 Å². The number of hydrogen-bond donors (Lipinski definition) is 0. The third-order valence-electron chi connectivity index (χ3n) is 5.62. The van der Waals surface area contributed by atoms with Gasteiger partial charge in [0.15, 0.2) is 11.0 Å². The first kappa shape index (κ1) is 25.5. The number of carbonyl (C=O) groups excluding carboxylic acids is 2. The van der Waals surface area contributed by atoms with Gasteiger partial charge in [0, 0.05) is 38.9 Å². The van der Waals surface area contributed by atoms with Gasteiger partial charge in [0.25, 0.3) is 0 Å². The summed E-state index contributed by atoms with van der Waals surface area (Å²) in [5.41, 5.74) is 0.802. The largest absolute Gasteiger partial charge is 0.466 e. The molecule has 0 N–H and O–H groups in total. The molecule has 2 aromatic rings. The van der Waals surface area contributed by atoms with E-state index in [1.165, 1.54) is 11.8 Å². The van der Waals surface area contributed by atoms with Crippen molar-refractivity contribution in [3.8, 4) is 11.4 Å². The average Bonchev–Trinajstić information content (AvgIpc) is 3.21. The number of carbonyl (C=O) groups is 2. The molecule has 1 aliphatic heterocycles. The van der Waals surface area contributed by atoms with Crippen molar-refractivity contribution < 1.29 is 19.1 Å². The summed E-state index contributed by atoms with van der Waals surface area (Å²) in [5.74, 6) is 0.421. The fraction of sp³-hybridized carbons (Fsp3) is 0.565. The third-order valence-corrected chi connectivity index (χ3v) is 7.02. The molecular formula is C23H31ClN4O4S. The van der Waals surface area contributed by atoms with Crippen LogP contribution in [0.15, 0.2) is 29.4 Å². The van der Waals surface area contributed by atoms with Crippen molar-refractivity contribution in [1.29, 1.82) is 0 Å². The molecule has 0 aliphatic carbocycles. The predicted octanol–water partition coefficient (Wildman–Crippen LogP) is 3.92. The molecule has 3 rings (SSSR count). The topological polar surface area (TPSA) is 86.5 Å². The summed E-state index contributed by atoms with van der Waals surface area (Å²) in [6, 6.07) is 7.52. The summed E-state index contributed by atoms with van der Waals surface area (Å²) < 4.78 is 12.3. The number of likely N-dealkylation sites (tertiary alicyclic amines) is 1. The molecule has 8 nitrogen and oxygen atoms in total. The Morgan fingerprint density at radius 2 is 1.97 bits per heavy atom. The number of benzene rings is 1. The summed E-state index contributed by atoms with van der Waals surface area (Å²) >= 11 is 7.80. The second kappa shape index (κ2) is 12.4. The van der Waals surface area contributed by atoms with E-state index in [1.54, 1.807) is 14.0 Å². The van der Waals surface area contributed by atoms with Crippen molar-refractivity contribution in [3.05, 3.63) is 29.3 Å². The summed E-state index contributed by atoms with van der Waals surface area (Å²) in [4.78, 5) is 26.9. The molecule has 0 bridgehead atoms. The Balaban J connectivity index is 1.70. The molecule has 1 saturated heterocycles. The smallest absolute Gasteiger partial charge is 0.309 e. The summed E-state index contributed by atoms with van der Waals surface area (Å²) in [6.07, 6.45) is 2.04. The van der Waals surface area contributed by atoms with Gasteiger partial charge in [-0.05, 0) is 45.2 Å². The third kappa shape index (κ3) is 6.49. The van der Waals surface area contributed by atoms with E-state index in [0.29, 0.717) is 61.7 Å². The summed E-state index contributed by atoms with van der Waals surface area (Å²) in [6.45, 7) is 6.43. The molecule has 0 radical (unpaired) electrons. The van der Waals surface area contributed by atoms with Gasteiger partial charge < -0.3 is 18.9 Å². The highest BCUT2D eigenvalue weighted by Crippen LogP contribution is 2.32. The lowest BCUT2D eigenvalue weighted by molar-refractivity contribution is -0.151. The van der Waals surface area contributed by atoms with Gasteiger partial charge in [-0.3, -0.25) is 9.59 Å². The van der Waals surface area contributed by atoms with E-state index in [9.17, 15) is 9.59 Å². The second-order valence-corrected chi connectivity index (χ2v) is 9.61. The molecule has 180 valence electrons. The Morgan fingerprint density at radius 1 is 1.24 bits per heavy atom. The average molecular weight is 495 g/mol. The number of amides is 1. The van der Waals surface area contributed by atoms with Crippen molar-refractivity contribution in [2.24, 2.45) is 5.92 Å². The zero-order valence-electron chi connectivity index (χ0n) is 19.3. The fourth-order valence-electron chi connectivity index (χ4n) is 3.85. The van der Waals surface area contributed by atoms with Gasteiger partial charge in [0.05, 0.1) is 22.8 Å². The molecule has 0 saturated carbocycles. The van der Waals surface area contributed by atoms with Crippen LogP contribution in [0.3, 0.4) is 0 Å². The quantitative estimate of drug-likeness (QED) is 0.281. The maximum Gasteiger partial charge on any atom is 0.309 e. The van der Waals surface area contributed by atoms with E-state index in [0.717, 1.165) is 12.0 Å². The monoisotopic (exact) mass is 494 g/mol. The zero-order chi connectivity index (χ0) is 23.8. The first-order valence-corrected chi connectivity index (χ1v) is 12.5. The van der Waals surface area contributed by atoms with E-state index < -0.39 is 0 Å². The second-order valence-electron chi connectivity index (χ2n) is 7.90. The van der Waals surface area contributed by atoms with E-state index in [1.807, 2.05) is 40.7 Å². The highest BCUT2D eigenvalue weighted by molar-refractivity contribution is 8.00. The van der Waals surface area contributed by atoms with Crippen LogP contribution in [0, 0.1) is 5.92 Å². The minimum Gasteiger partial charge on any atom is -0.466 e. The van der Waals surface area contributed by atoms with Crippen LogP contribution in [0.25, 0.3) is 11.4 Å². The van der Waals surface area contributed by atoms with Crippen LogP contribution in [0.2, 0.25) is 5.02 Å². The van der Waals surface area contributed by atoms with E-state index in [4.69, 9.17) is 21.1 Å². The number of methoxy groups -OCH3 is 1. The number of thioether (sulfide) groups is 1. The number of piperidine rings is 1. The highest BCUT2D eigenvalue weighted by Gasteiger charge is 2.31. The van der Waals surface area contributed by atoms with Gasteiger partial charge in [0.1, 0.15) is 0 Å². The first-order valence-electron chi connectivity index (χ1n) is 11.2.